The van der Waals surface area contributed by atoms with Gasteiger partial charge in [0, 0.05) is 25.5 Å². The van der Waals surface area contributed by atoms with E-state index in [1.54, 1.807) is 0 Å². The zero-order chi connectivity index (χ0) is 19.0. The van der Waals surface area contributed by atoms with Crippen molar-refractivity contribution in [3.8, 4) is 0 Å². The number of piperidine rings is 1. The van der Waals surface area contributed by atoms with Gasteiger partial charge in [0.15, 0.2) is 0 Å². The van der Waals surface area contributed by atoms with Gasteiger partial charge in [0.1, 0.15) is 0 Å². The Morgan fingerprint density at radius 3 is 2.81 bits per heavy atom. The maximum Gasteiger partial charge on any atom is 0.313 e. The molecule has 0 radical (unpaired) electrons. The number of carbonyl (C=O) groups excluding carboxylic acids is 1. The van der Waals surface area contributed by atoms with Gasteiger partial charge in [-0.05, 0) is 63.7 Å². The molecule has 0 aliphatic carbocycles. The van der Waals surface area contributed by atoms with Crippen LogP contribution < -0.4 is 0 Å². The van der Waals surface area contributed by atoms with Crippen molar-refractivity contribution in [3.05, 3.63) is 54.4 Å². The Morgan fingerprint density at radius 2 is 2.07 bits per heavy atom. The van der Waals surface area contributed by atoms with Gasteiger partial charge in [-0.1, -0.05) is 30.3 Å². The summed E-state index contributed by atoms with van der Waals surface area (Å²) in [5, 5.41) is 4.27. The first-order valence-electron chi connectivity index (χ1n) is 10.1. The van der Waals surface area contributed by atoms with E-state index in [2.05, 4.69) is 34.3 Å². The monoisotopic (exact) mass is 369 g/mol. The van der Waals surface area contributed by atoms with Crippen molar-refractivity contribution < 1.29 is 9.53 Å². The summed E-state index contributed by atoms with van der Waals surface area (Å²) < 4.78 is 7.48. The molecule has 5 nitrogen and oxygen atoms in total. The molecule has 1 aliphatic rings. The second-order valence-corrected chi connectivity index (χ2v) is 7.49. The first-order valence-corrected chi connectivity index (χ1v) is 10.1. The Bertz CT molecular complexity index is 687. The van der Waals surface area contributed by atoms with Gasteiger partial charge in [-0.2, -0.15) is 5.10 Å². The van der Waals surface area contributed by atoms with Gasteiger partial charge < -0.3 is 9.64 Å². The van der Waals surface area contributed by atoms with E-state index < -0.39 is 0 Å². The lowest BCUT2D eigenvalue weighted by Gasteiger charge is -2.41. The van der Waals surface area contributed by atoms with Crippen molar-refractivity contribution in [2.45, 2.75) is 45.6 Å². The van der Waals surface area contributed by atoms with Crippen molar-refractivity contribution in [2.24, 2.45) is 5.41 Å². The fourth-order valence-corrected chi connectivity index (χ4v) is 4.09. The van der Waals surface area contributed by atoms with Crippen LogP contribution in [0.2, 0.25) is 0 Å². The number of nitrogens with zero attached hydrogens (tertiary/aromatic N) is 3. The van der Waals surface area contributed by atoms with Crippen molar-refractivity contribution in [1.82, 2.24) is 14.7 Å². The molecule has 2 aromatic rings. The number of rotatable bonds is 9. The van der Waals surface area contributed by atoms with E-state index in [1.807, 2.05) is 36.1 Å². The number of carbonyl (C=O) groups is 1. The largest absolute Gasteiger partial charge is 0.466 e. The molecule has 1 aliphatic heterocycles. The molecule has 5 heteroatoms. The standard InChI is InChI=1S/C22H31N3O2/c1-2-27-21(26)22(13-11-20-9-4-3-5-10-20)12-6-15-24(19-22)16-8-18-25-17-7-14-23-25/h3-5,7,9-10,14,17H,2,6,8,11-13,15-16,18-19H2,1H3/t22-/m0/s1. The van der Waals surface area contributed by atoms with Crippen molar-refractivity contribution in [2.75, 3.05) is 26.2 Å². The number of aryl methyl sites for hydroxylation is 2. The maximum atomic E-state index is 12.9. The van der Waals surface area contributed by atoms with Crippen molar-refractivity contribution >= 4 is 5.97 Å². The summed E-state index contributed by atoms with van der Waals surface area (Å²) in [5.41, 5.74) is 0.910. The molecule has 27 heavy (non-hydrogen) atoms. The SMILES string of the molecule is CCOC(=O)[C@]1(CCc2ccccc2)CCCN(CCCn2cccn2)C1. The number of esters is 1. The van der Waals surface area contributed by atoms with E-state index in [1.165, 1.54) is 5.56 Å². The molecule has 0 spiro atoms. The first kappa shape index (κ1) is 19.6. The Hall–Kier alpha value is -2.14. The highest BCUT2D eigenvalue weighted by Crippen LogP contribution is 2.36. The van der Waals surface area contributed by atoms with Crippen LogP contribution in [0, 0.1) is 5.41 Å². The van der Waals surface area contributed by atoms with Crippen LogP contribution in [0.4, 0.5) is 0 Å². The Balaban J connectivity index is 1.61. The minimum atomic E-state index is -0.379. The summed E-state index contributed by atoms with van der Waals surface area (Å²) >= 11 is 0. The van der Waals surface area contributed by atoms with Crippen LogP contribution in [0.3, 0.4) is 0 Å². The number of hydrogen-bond acceptors (Lipinski definition) is 4. The maximum absolute atomic E-state index is 12.9. The molecule has 146 valence electrons. The number of likely N-dealkylation sites (tertiary alicyclic amines) is 1. The molecular weight excluding hydrogens is 338 g/mol. The lowest BCUT2D eigenvalue weighted by Crippen LogP contribution is -2.49. The first-order chi connectivity index (χ1) is 13.2. The molecule has 1 atom stereocenters. The average molecular weight is 370 g/mol. The minimum Gasteiger partial charge on any atom is -0.466 e. The average Bonchev–Trinajstić information content (AvgIpc) is 3.21. The third kappa shape index (κ3) is 5.42. The molecule has 0 N–H and O–H groups in total. The van der Waals surface area contributed by atoms with E-state index in [-0.39, 0.29) is 11.4 Å². The van der Waals surface area contributed by atoms with Gasteiger partial charge >= 0.3 is 5.97 Å². The number of aromatic nitrogens is 2. The van der Waals surface area contributed by atoms with Crippen LogP contribution >= 0.6 is 0 Å². The summed E-state index contributed by atoms with van der Waals surface area (Å²) in [4.78, 5) is 15.3. The number of ether oxygens (including phenoxy) is 1. The van der Waals surface area contributed by atoms with Gasteiger partial charge in [0.25, 0.3) is 0 Å². The molecule has 0 saturated carbocycles. The number of hydrogen-bond donors (Lipinski definition) is 0. The molecule has 0 unspecified atom stereocenters. The molecule has 1 fully saturated rings. The van der Waals surface area contributed by atoms with Crippen LogP contribution in [0.5, 0.6) is 0 Å². The summed E-state index contributed by atoms with van der Waals surface area (Å²) in [5.74, 6) is -0.0160. The topological polar surface area (TPSA) is 47.4 Å². The third-order valence-electron chi connectivity index (χ3n) is 5.52. The van der Waals surface area contributed by atoms with Gasteiger partial charge in [-0.15, -0.1) is 0 Å². The van der Waals surface area contributed by atoms with Crippen molar-refractivity contribution in [3.63, 3.8) is 0 Å². The quantitative estimate of drug-likeness (QED) is 0.634. The zero-order valence-corrected chi connectivity index (χ0v) is 16.3. The zero-order valence-electron chi connectivity index (χ0n) is 16.3. The number of benzene rings is 1. The van der Waals surface area contributed by atoms with Gasteiger partial charge in [-0.25, -0.2) is 0 Å². The molecular formula is C22H31N3O2. The highest BCUT2D eigenvalue weighted by Gasteiger charge is 2.42. The summed E-state index contributed by atoms with van der Waals surface area (Å²) in [7, 11) is 0. The second-order valence-electron chi connectivity index (χ2n) is 7.49. The van der Waals surface area contributed by atoms with E-state index in [4.69, 9.17) is 4.74 Å². The van der Waals surface area contributed by atoms with E-state index in [0.29, 0.717) is 6.61 Å². The smallest absolute Gasteiger partial charge is 0.313 e. The lowest BCUT2D eigenvalue weighted by atomic mass is 9.75. The van der Waals surface area contributed by atoms with Crippen LogP contribution in [0.15, 0.2) is 48.8 Å². The van der Waals surface area contributed by atoms with E-state index in [9.17, 15) is 4.79 Å². The molecule has 3 rings (SSSR count). The molecule has 1 aromatic heterocycles. The fourth-order valence-electron chi connectivity index (χ4n) is 4.09. The molecule has 0 bridgehead atoms. The third-order valence-corrected chi connectivity index (χ3v) is 5.52. The second kappa shape index (κ2) is 9.70. The molecule has 1 aromatic carbocycles. The normalized spacial score (nSPS) is 20.5. The van der Waals surface area contributed by atoms with Crippen LogP contribution in [0.1, 0.15) is 38.2 Å². The van der Waals surface area contributed by atoms with Crippen molar-refractivity contribution in [1.29, 1.82) is 0 Å². The van der Waals surface area contributed by atoms with Gasteiger partial charge in [-0.3, -0.25) is 9.48 Å². The van der Waals surface area contributed by atoms with E-state index in [0.717, 1.165) is 58.3 Å². The molecule has 1 saturated heterocycles. The molecule has 2 heterocycles. The van der Waals surface area contributed by atoms with E-state index >= 15 is 0 Å². The van der Waals surface area contributed by atoms with Gasteiger partial charge in [0.05, 0.1) is 12.0 Å². The predicted molar refractivity (Wildman–Crippen MR) is 106 cm³/mol. The summed E-state index contributed by atoms with van der Waals surface area (Å²) in [6.07, 6.45) is 8.60. The summed E-state index contributed by atoms with van der Waals surface area (Å²) in [6, 6.07) is 12.4. The minimum absolute atomic E-state index is 0.0160. The molecule has 0 amide bonds. The predicted octanol–water partition coefficient (Wildman–Crippen LogP) is 3.55. The van der Waals surface area contributed by atoms with Crippen LogP contribution in [-0.2, 0) is 22.5 Å². The highest BCUT2D eigenvalue weighted by atomic mass is 16.5. The van der Waals surface area contributed by atoms with Crippen LogP contribution in [-0.4, -0.2) is 46.9 Å². The summed E-state index contributed by atoms with van der Waals surface area (Å²) in [6.45, 7) is 6.12. The Morgan fingerprint density at radius 1 is 1.22 bits per heavy atom. The van der Waals surface area contributed by atoms with Crippen LogP contribution in [0.25, 0.3) is 0 Å². The fraction of sp³-hybridized carbons (Fsp3) is 0.545. The Labute approximate surface area is 162 Å². The highest BCUT2D eigenvalue weighted by molar-refractivity contribution is 5.77. The Kier molecular flexibility index (Phi) is 7.04. The lowest BCUT2D eigenvalue weighted by molar-refractivity contribution is -0.159. The van der Waals surface area contributed by atoms with Gasteiger partial charge in [0.2, 0.25) is 0 Å².